The Morgan fingerprint density at radius 2 is 2.38 bits per heavy atom. The lowest BCUT2D eigenvalue weighted by atomic mass is 10.4. The average molecular weight is 205 g/mol. The van der Waals surface area contributed by atoms with E-state index in [0.29, 0.717) is 0 Å². The van der Waals surface area contributed by atoms with Crippen molar-refractivity contribution in [2.45, 2.75) is 6.54 Å². The van der Waals surface area contributed by atoms with Crippen molar-refractivity contribution in [1.29, 1.82) is 0 Å². The molecule has 0 aliphatic rings. The molecule has 74 valence electrons. The first-order chi connectivity index (χ1) is 6.14. The van der Waals surface area contributed by atoms with Crippen LogP contribution in [0.25, 0.3) is 0 Å². The van der Waals surface area contributed by atoms with Gasteiger partial charge in [-0.25, -0.2) is 13.1 Å². The van der Waals surface area contributed by atoms with Crippen LogP contribution in [0.4, 0.5) is 0 Å². The van der Waals surface area contributed by atoms with Crippen molar-refractivity contribution in [2.75, 3.05) is 12.4 Å². The quantitative estimate of drug-likeness (QED) is 0.564. The molecule has 0 bridgehead atoms. The van der Waals surface area contributed by atoms with E-state index in [9.17, 15) is 8.42 Å². The smallest absolute Gasteiger partial charge is 0.214 e. The highest BCUT2D eigenvalue weighted by Gasteiger charge is 2.08. The van der Waals surface area contributed by atoms with E-state index >= 15 is 0 Å². The Bertz CT molecular complexity index is 332. The SMILES string of the molecule is O=S(=O)(CCO)NCc1cn[nH]c1. The highest BCUT2D eigenvalue weighted by molar-refractivity contribution is 7.89. The molecule has 0 fully saturated rings. The summed E-state index contributed by atoms with van der Waals surface area (Å²) in [6.07, 6.45) is 3.13. The second-order valence-corrected chi connectivity index (χ2v) is 4.40. The molecule has 0 saturated carbocycles. The summed E-state index contributed by atoms with van der Waals surface area (Å²) in [7, 11) is -3.35. The van der Waals surface area contributed by atoms with Crippen LogP contribution in [-0.4, -0.2) is 36.1 Å². The van der Waals surface area contributed by atoms with E-state index in [-0.39, 0.29) is 18.9 Å². The fourth-order valence-corrected chi connectivity index (χ4v) is 1.53. The van der Waals surface area contributed by atoms with Gasteiger partial charge >= 0.3 is 0 Å². The summed E-state index contributed by atoms with van der Waals surface area (Å²) < 4.78 is 24.4. The number of sulfonamides is 1. The standard InChI is InChI=1S/C6H11N3O3S/c10-1-2-13(11,12)9-5-6-3-7-8-4-6/h3-4,9-10H,1-2,5H2,(H,7,8). The summed E-state index contributed by atoms with van der Waals surface area (Å²) in [4.78, 5) is 0. The first kappa shape index (κ1) is 10.2. The average Bonchev–Trinajstić information content (AvgIpc) is 2.52. The van der Waals surface area contributed by atoms with Gasteiger partial charge in [-0.3, -0.25) is 5.10 Å². The maximum absolute atomic E-state index is 11.0. The van der Waals surface area contributed by atoms with Crippen LogP contribution in [0.15, 0.2) is 12.4 Å². The second kappa shape index (κ2) is 4.35. The Kier molecular flexibility index (Phi) is 3.40. The third-order valence-corrected chi connectivity index (χ3v) is 2.72. The van der Waals surface area contributed by atoms with Gasteiger partial charge in [0.25, 0.3) is 0 Å². The molecule has 3 N–H and O–H groups in total. The molecule has 0 saturated heterocycles. The third kappa shape index (κ3) is 3.53. The Labute approximate surface area is 76.0 Å². The van der Waals surface area contributed by atoms with Crippen molar-refractivity contribution in [3.63, 3.8) is 0 Å². The number of hydrogen-bond donors (Lipinski definition) is 3. The van der Waals surface area contributed by atoms with E-state index in [1.165, 1.54) is 6.20 Å². The molecule has 0 unspecified atom stereocenters. The van der Waals surface area contributed by atoms with Gasteiger partial charge in [-0.05, 0) is 0 Å². The Balaban J connectivity index is 2.43. The number of aromatic nitrogens is 2. The van der Waals surface area contributed by atoms with E-state index in [1.807, 2.05) is 0 Å². The minimum Gasteiger partial charge on any atom is -0.395 e. The van der Waals surface area contributed by atoms with Gasteiger partial charge in [-0.2, -0.15) is 5.10 Å². The molecule has 1 aromatic rings. The van der Waals surface area contributed by atoms with Crippen molar-refractivity contribution in [3.8, 4) is 0 Å². The minimum atomic E-state index is -3.35. The molecule has 0 aromatic carbocycles. The Hall–Kier alpha value is -0.920. The van der Waals surface area contributed by atoms with E-state index in [0.717, 1.165) is 5.56 Å². The van der Waals surface area contributed by atoms with Gasteiger partial charge in [0.2, 0.25) is 10.0 Å². The van der Waals surface area contributed by atoms with E-state index < -0.39 is 10.0 Å². The fraction of sp³-hybridized carbons (Fsp3) is 0.500. The summed E-state index contributed by atoms with van der Waals surface area (Å²) >= 11 is 0. The molecule has 7 heteroatoms. The largest absolute Gasteiger partial charge is 0.395 e. The Morgan fingerprint density at radius 3 is 2.92 bits per heavy atom. The number of hydrogen-bond acceptors (Lipinski definition) is 4. The maximum Gasteiger partial charge on any atom is 0.214 e. The molecular weight excluding hydrogens is 194 g/mol. The van der Waals surface area contributed by atoms with Gasteiger partial charge in [-0.15, -0.1) is 0 Å². The molecule has 0 radical (unpaired) electrons. The molecule has 13 heavy (non-hydrogen) atoms. The lowest BCUT2D eigenvalue weighted by Crippen LogP contribution is -2.27. The number of aliphatic hydroxyl groups excluding tert-OH is 1. The zero-order valence-corrected chi connectivity index (χ0v) is 7.71. The number of H-pyrrole nitrogens is 1. The van der Waals surface area contributed by atoms with Crippen molar-refractivity contribution >= 4 is 10.0 Å². The molecule has 1 heterocycles. The van der Waals surface area contributed by atoms with Crippen LogP contribution in [0, 0.1) is 0 Å². The molecule has 1 aromatic heterocycles. The summed E-state index contributed by atoms with van der Waals surface area (Å²) in [5.74, 6) is -0.273. The molecule has 0 spiro atoms. The summed E-state index contributed by atoms with van der Waals surface area (Å²) in [6, 6.07) is 0. The highest BCUT2D eigenvalue weighted by atomic mass is 32.2. The maximum atomic E-state index is 11.0. The Morgan fingerprint density at radius 1 is 1.62 bits per heavy atom. The van der Waals surface area contributed by atoms with E-state index in [2.05, 4.69) is 14.9 Å². The molecule has 0 amide bonds. The van der Waals surface area contributed by atoms with Gasteiger partial charge in [0, 0.05) is 18.3 Å². The van der Waals surface area contributed by atoms with Crippen molar-refractivity contribution < 1.29 is 13.5 Å². The number of nitrogens with zero attached hydrogens (tertiary/aromatic N) is 1. The van der Waals surface area contributed by atoms with Crippen LogP contribution >= 0.6 is 0 Å². The van der Waals surface area contributed by atoms with Gasteiger partial charge < -0.3 is 5.11 Å². The van der Waals surface area contributed by atoms with Crippen LogP contribution in [0.3, 0.4) is 0 Å². The van der Waals surface area contributed by atoms with Gasteiger partial charge in [-0.1, -0.05) is 0 Å². The predicted octanol–water partition coefficient (Wildman–Crippen LogP) is -1.18. The molecule has 6 nitrogen and oxygen atoms in total. The highest BCUT2D eigenvalue weighted by Crippen LogP contribution is 1.94. The van der Waals surface area contributed by atoms with Crippen LogP contribution < -0.4 is 4.72 Å². The molecule has 0 atom stereocenters. The van der Waals surface area contributed by atoms with Gasteiger partial charge in [0.15, 0.2) is 0 Å². The lowest BCUT2D eigenvalue weighted by molar-refractivity contribution is 0.319. The fourth-order valence-electron chi connectivity index (χ4n) is 0.760. The number of aromatic amines is 1. The van der Waals surface area contributed by atoms with Crippen molar-refractivity contribution in [1.82, 2.24) is 14.9 Å². The van der Waals surface area contributed by atoms with E-state index in [1.54, 1.807) is 6.20 Å². The second-order valence-electron chi connectivity index (χ2n) is 2.47. The third-order valence-electron chi connectivity index (χ3n) is 1.41. The van der Waals surface area contributed by atoms with Crippen molar-refractivity contribution in [2.24, 2.45) is 0 Å². The first-order valence-electron chi connectivity index (χ1n) is 3.70. The summed E-state index contributed by atoms with van der Waals surface area (Å²) in [5, 5.41) is 14.6. The monoisotopic (exact) mass is 205 g/mol. The van der Waals surface area contributed by atoms with Crippen LogP contribution in [0.5, 0.6) is 0 Å². The van der Waals surface area contributed by atoms with Crippen molar-refractivity contribution in [3.05, 3.63) is 18.0 Å². The zero-order chi connectivity index (χ0) is 9.73. The number of rotatable bonds is 5. The van der Waals surface area contributed by atoms with Crippen LogP contribution in [0.2, 0.25) is 0 Å². The molecule has 1 rings (SSSR count). The van der Waals surface area contributed by atoms with Gasteiger partial charge in [0.1, 0.15) is 0 Å². The normalized spacial score (nSPS) is 11.8. The topological polar surface area (TPSA) is 95.1 Å². The summed E-state index contributed by atoms with van der Waals surface area (Å²) in [5.41, 5.74) is 0.751. The number of nitrogens with one attached hydrogen (secondary N) is 2. The van der Waals surface area contributed by atoms with Gasteiger partial charge in [0.05, 0.1) is 18.6 Å². The van der Waals surface area contributed by atoms with E-state index in [4.69, 9.17) is 5.11 Å². The van der Waals surface area contributed by atoms with Crippen LogP contribution in [0.1, 0.15) is 5.56 Å². The predicted molar refractivity (Wildman–Crippen MR) is 46.3 cm³/mol. The molecule has 0 aliphatic heterocycles. The number of aliphatic hydroxyl groups is 1. The zero-order valence-electron chi connectivity index (χ0n) is 6.90. The molecular formula is C6H11N3O3S. The lowest BCUT2D eigenvalue weighted by Gasteiger charge is -2.02. The minimum absolute atomic E-state index is 0.193. The first-order valence-corrected chi connectivity index (χ1v) is 5.35. The summed E-state index contributed by atoms with van der Waals surface area (Å²) in [6.45, 7) is -0.181. The molecule has 0 aliphatic carbocycles. The van der Waals surface area contributed by atoms with Crippen LogP contribution in [-0.2, 0) is 16.6 Å².